The van der Waals surface area contributed by atoms with Crippen LogP contribution in [0.1, 0.15) is 23.6 Å². The summed E-state index contributed by atoms with van der Waals surface area (Å²) in [5, 5.41) is 1.48. The van der Waals surface area contributed by atoms with E-state index in [4.69, 9.17) is 32.7 Å². The number of fused-ring (bicyclic) bond motifs is 1. The molecule has 122 valence electrons. The van der Waals surface area contributed by atoms with E-state index in [1.807, 2.05) is 30.3 Å². The van der Waals surface area contributed by atoms with E-state index in [2.05, 4.69) is 17.9 Å². The summed E-state index contributed by atoms with van der Waals surface area (Å²) in [5.74, 6) is 0.908. The summed E-state index contributed by atoms with van der Waals surface area (Å²) in [7, 11) is 0. The average molecular weight is 352 g/mol. The Bertz CT molecular complexity index is 691. The van der Waals surface area contributed by atoms with Crippen molar-refractivity contribution in [3.05, 3.63) is 63.1 Å². The van der Waals surface area contributed by atoms with Crippen molar-refractivity contribution < 1.29 is 9.47 Å². The van der Waals surface area contributed by atoms with Gasteiger partial charge in [0.15, 0.2) is 6.79 Å². The number of halogens is 2. The van der Waals surface area contributed by atoms with Gasteiger partial charge in [-0.05, 0) is 36.4 Å². The van der Waals surface area contributed by atoms with E-state index in [1.54, 1.807) is 0 Å². The van der Waals surface area contributed by atoms with Crippen molar-refractivity contribution in [3.63, 3.8) is 0 Å². The van der Waals surface area contributed by atoms with Crippen molar-refractivity contribution in [1.82, 2.24) is 4.90 Å². The molecule has 0 aromatic heterocycles. The van der Waals surface area contributed by atoms with Crippen LogP contribution in [0.15, 0.2) is 36.4 Å². The van der Waals surface area contributed by atoms with Gasteiger partial charge in [0.1, 0.15) is 5.75 Å². The van der Waals surface area contributed by atoms with E-state index in [-0.39, 0.29) is 0 Å². The lowest BCUT2D eigenvalue weighted by Gasteiger charge is -2.25. The predicted molar refractivity (Wildman–Crippen MR) is 93.0 cm³/mol. The van der Waals surface area contributed by atoms with E-state index in [0.29, 0.717) is 18.4 Å². The van der Waals surface area contributed by atoms with Gasteiger partial charge in [-0.1, -0.05) is 42.3 Å². The van der Waals surface area contributed by atoms with E-state index in [0.717, 1.165) is 41.5 Å². The lowest BCUT2D eigenvalue weighted by Crippen LogP contribution is -2.23. The first kappa shape index (κ1) is 16.6. The zero-order valence-electron chi connectivity index (χ0n) is 13.0. The molecule has 0 saturated heterocycles. The minimum absolute atomic E-state index is 0.294. The highest BCUT2D eigenvalue weighted by Gasteiger charge is 2.18. The first-order chi connectivity index (χ1) is 11.2. The molecule has 0 unspecified atom stereocenters. The number of hydrogen-bond acceptors (Lipinski definition) is 3. The standard InChI is InChI=1S/C18H19Cl2NO2/c1-2-21(9-13-4-3-5-16(19)6-13)10-14-7-17(20)8-15-11-22-12-23-18(14)15/h3-8H,2,9-12H2,1H3. The Labute approximate surface area is 146 Å². The van der Waals surface area contributed by atoms with Crippen LogP contribution in [0.4, 0.5) is 0 Å². The van der Waals surface area contributed by atoms with Crippen LogP contribution in [0.25, 0.3) is 0 Å². The molecule has 0 radical (unpaired) electrons. The second-order valence-corrected chi connectivity index (χ2v) is 6.47. The monoisotopic (exact) mass is 351 g/mol. The van der Waals surface area contributed by atoms with Crippen molar-refractivity contribution in [2.24, 2.45) is 0 Å². The minimum atomic E-state index is 0.294. The maximum Gasteiger partial charge on any atom is 0.189 e. The largest absolute Gasteiger partial charge is 0.467 e. The van der Waals surface area contributed by atoms with Gasteiger partial charge in [0.2, 0.25) is 0 Å². The fourth-order valence-corrected chi connectivity index (χ4v) is 3.26. The quantitative estimate of drug-likeness (QED) is 0.765. The third kappa shape index (κ3) is 4.18. The first-order valence-corrected chi connectivity index (χ1v) is 8.40. The van der Waals surface area contributed by atoms with Gasteiger partial charge in [0.25, 0.3) is 0 Å². The van der Waals surface area contributed by atoms with Crippen molar-refractivity contribution in [1.29, 1.82) is 0 Å². The SMILES string of the molecule is CCN(Cc1cccc(Cl)c1)Cc1cc(Cl)cc2c1OCOC2. The summed E-state index contributed by atoms with van der Waals surface area (Å²) in [6.45, 7) is 5.50. The van der Waals surface area contributed by atoms with Crippen molar-refractivity contribution in [3.8, 4) is 5.75 Å². The van der Waals surface area contributed by atoms with Crippen LogP contribution >= 0.6 is 23.2 Å². The number of ether oxygens (including phenoxy) is 2. The van der Waals surface area contributed by atoms with Crippen molar-refractivity contribution in [2.45, 2.75) is 26.6 Å². The molecule has 0 aliphatic carbocycles. The van der Waals surface area contributed by atoms with E-state index in [9.17, 15) is 0 Å². The molecule has 0 bridgehead atoms. The first-order valence-electron chi connectivity index (χ1n) is 7.64. The Hall–Kier alpha value is -1.26. The van der Waals surface area contributed by atoms with Crippen LogP contribution in [-0.4, -0.2) is 18.2 Å². The topological polar surface area (TPSA) is 21.7 Å². The molecule has 1 heterocycles. The summed E-state index contributed by atoms with van der Waals surface area (Å²) < 4.78 is 11.0. The summed E-state index contributed by atoms with van der Waals surface area (Å²) in [6, 6.07) is 11.9. The Morgan fingerprint density at radius 2 is 1.96 bits per heavy atom. The number of hydrogen-bond donors (Lipinski definition) is 0. The number of rotatable bonds is 5. The second kappa shape index (κ2) is 7.54. The Kier molecular flexibility index (Phi) is 5.44. The molecule has 0 N–H and O–H groups in total. The zero-order valence-corrected chi connectivity index (χ0v) is 14.5. The lowest BCUT2D eigenvalue weighted by atomic mass is 10.1. The third-order valence-electron chi connectivity index (χ3n) is 3.89. The molecule has 0 amide bonds. The van der Waals surface area contributed by atoms with Gasteiger partial charge in [-0.25, -0.2) is 0 Å². The smallest absolute Gasteiger partial charge is 0.189 e. The Morgan fingerprint density at radius 3 is 2.74 bits per heavy atom. The van der Waals surface area contributed by atoms with Crippen molar-refractivity contribution in [2.75, 3.05) is 13.3 Å². The molecular formula is C18H19Cl2NO2. The van der Waals surface area contributed by atoms with Gasteiger partial charge < -0.3 is 9.47 Å². The maximum atomic E-state index is 6.24. The molecule has 2 aromatic carbocycles. The summed E-state index contributed by atoms with van der Waals surface area (Å²) in [6.07, 6.45) is 0. The van der Waals surface area contributed by atoms with Gasteiger partial charge in [0.05, 0.1) is 6.61 Å². The number of benzene rings is 2. The highest BCUT2D eigenvalue weighted by molar-refractivity contribution is 6.31. The van der Waals surface area contributed by atoms with Gasteiger partial charge in [-0.2, -0.15) is 0 Å². The molecule has 0 fully saturated rings. The molecular weight excluding hydrogens is 333 g/mol. The van der Waals surface area contributed by atoms with E-state index < -0.39 is 0 Å². The van der Waals surface area contributed by atoms with Crippen LogP contribution in [0.3, 0.4) is 0 Å². The Morgan fingerprint density at radius 1 is 1.09 bits per heavy atom. The molecule has 1 aliphatic rings. The van der Waals surface area contributed by atoms with Crippen LogP contribution in [0.2, 0.25) is 10.0 Å². The van der Waals surface area contributed by atoms with Gasteiger partial charge in [-0.15, -0.1) is 0 Å². The molecule has 2 aromatic rings. The Balaban J connectivity index is 1.80. The average Bonchev–Trinajstić information content (AvgIpc) is 2.54. The molecule has 3 nitrogen and oxygen atoms in total. The van der Waals surface area contributed by atoms with Crippen molar-refractivity contribution >= 4 is 23.2 Å². The van der Waals surface area contributed by atoms with E-state index >= 15 is 0 Å². The highest BCUT2D eigenvalue weighted by atomic mass is 35.5. The summed E-state index contributed by atoms with van der Waals surface area (Å²) in [5.41, 5.74) is 3.30. The highest BCUT2D eigenvalue weighted by Crippen LogP contribution is 2.32. The van der Waals surface area contributed by atoms with Gasteiger partial charge in [0, 0.05) is 34.3 Å². The van der Waals surface area contributed by atoms with Crippen LogP contribution < -0.4 is 4.74 Å². The molecule has 0 atom stereocenters. The predicted octanol–water partition coefficient (Wildman–Crippen LogP) is 4.88. The van der Waals surface area contributed by atoms with Gasteiger partial charge >= 0.3 is 0 Å². The number of nitrogens with zero attached hydrogens (tertiary/aromatic N) is 1. The zero-order chi connectivity index (χ0) is 16.2. The molecule has 5 heteroatoms. The molecule has 3 rings (SSSR count). The molecule has 0 spiro atoms. The molecule has 0 saturated carbocycles. The molecule has 23 heavy (non-hydrogen) atoms. The minimum Gasteiger partial charge on any atom is -0.467 e. The van der Waals surface area contributed by atoms with Gasteiger partial charge in [-0.3, -0.25) is 4.90 Å². The summed E-state index contributed by atoms with van der Waals surface area (Å²) in [4.78, 5) is 2.33. The third-order valence-corrected chi connectivity index (χ3v) is 4.34. The lowest BCUT2D eigenvalue weighted by molar-refractivity contribution is -0.0174. The fraction of sp³-hybridized carbons (Fsp3) is 0.333. The summed E-state index contributed by atoms with van der Waals surface area (Å²) >= 11 is 12.3. The van der Waals surface area contributed by atoms with Crippen LogP contribution in [0.5, 0.6) is 5.75 Å². The maximum absolute atomic E-state index is 6.24. The van der Waals surface area contributed by atoms with Crippen LogP contribution in [0, 0.1) is 0 Å². The second-order valence-electron chi connectivity index (χ2n) is 5.60. The van der Waals surface area contributed by atoms with E-state index in [1.165, 1.54) is 5.56 Å². The fourth-order valence-electron chi connectivity index (χ4n) is 2.79. The molecule has 1 aliphatic heterocycles. The van der Waals surface area contributed by atoms with Crippen LogP contribution in [-0.2, 0) is 24.4 Å². The normalized spacial score (nSPS) is 13.7.